The third-order valence-electron chi connectivity index (χ3n) is 11.0. The van der Waals surface area contributed by atoms with E-state index in [1.165, 1.54) is 84.9 Å². The summed E-state index contributed by atoms with van der Waals surface area (Å²) >= 11 is 0. The predicted molar refractivity (Wildman–Crippen MR) is 272 cm³/mol. The number of phenolic OH excluding ortho intramolecular Hbond substituents is 1. The van der Waals surface area contributed by atoms with E-state index in [1.54, 1.807) is 25.1 Å². The Morgan fingerprint density at radius 1 is 0.568 bits per heavy atom. The van der Waals surface area contributed by atoms with E-state index >= 15 is 0 Å². The fourth-order valence-electron chi connectivity index (χ4n) is 7.37. The molecular formula is C47H38N8O15S4. The number of aromatic hydroxyl groups is 1. The lowest BCUT2D eigenvalue weighted by Crippen LogP contribution is -2.11. The predicted octanol–water partition coefficient (Wildman–Crippen LogP) is 10.6. The highest BCUT2D eigenvalue weighted by Gasteiger charge is 2.23. The van der Waals surface area contributed by atoms with E-state index in [9.17, 15) is 57.2 Å². The second-order valence-corrected chi connectivity index (χ2v) is 22.0. The summed E-state index contributed by atoms with van der Waals surface area (Å²) in [7, 11) is -18.8. The Bertz CT molecular complexity index is 4180. The van der Waals surface area contributed by atoms with Crippen LogP contribution in [0.1, 0.15) is 22.3 Å². The number of hydrogen-bond acceptors (Lipinski definition) is 18. The number of amides is 1. The summed E-state index contributed by atoms with van der Waals surface area (Å²) in [5, 5.41) is 40.5. The number of aryl methyl sites for hydroxylation is 1. The van der Waals surface area contributed by atoms with E-state index in [-0.39, 0.29) is 62.9 Å². The minimum atomic E-state index is -5.10. The van der Waals surface area contributed by atoms with Crippen molar-refractivity contribution in [2.45, 2.75) is 28.0 Å². The molecule has 23 nitrogen and oxygen atoms in total. The van der Waals surface area contributed by atoms with Crippen LogP contribution in [0.3, 0.4) is 0 Å². The van der Waals surface area contributed by atoms with Gasteiger partial charge in [-0.2, -0.15) is 49.0 Å². The quantitative estimate of drug-likeness (QED) is 0.0205. The number of nitrogen functional groups attached to an aromatic ring is 1. The van der Waals surface area contributed by atoms with Gasteiger partial charge in [-0.1, -0.05) is 12.1 Å². The lowest BCUT2D eigenvalue weighted by atomic mass is 10.1. The highest BCUT2D eigenvalue weighted by molar-refractivity contribution is 7.86. The van der Waals surface area contributed by atoms with Crippen LogP contribution in [0.15, 0.2) is 173 Å². The van der Waals surface area contributed by atoms with Crippen molar-refractivity contribution in [1.29, 1.82) is 0 Å². The fourth-order valence-corrected chi connectivity index (χ4v) is 9.55. The van der Waals surface area contributed by atoms with Gasteiger partial charge in [0.15, 0.2) is 5.75 Å². The molecule has 0 aliphatic heterocycles. The van der Waals surface area contributed by atoms with E-state index in [0.29, 0.717) is 39.1 Å². The van der Waals surface area contributed by atoms with Crippen LogP contribution in [0.2, 0.25) is 0 Å². The summed E-state index contributed by atoms with van der Waals surface area (Å²) < 4.78 is 141. The van der Waals surface area contributed by atoms with Crippen molar-refractivity contribution < 1.29 is 66.5 Å². The molecule has 27 heteroatoms. The monoisotopic (exact) mass is 1080 g/mol. The molecule has 1 amide bonds. The van der Waals surface area contributed by atoms with Gasteiger partial charge in [-0.25, -0.2) is 0 Å². The molecule has 0 aliphatic carbocycles. The molecule has 0 saturated heterocycles. The molecule has 8 aromatic rings. The molecule has 74 heavy (non-hydrogen) atoms. The molecule has 380 valence electrons. The molecule has 0 aromatic heterocycles. The van der Waals surface area contributed by atoms with E-state index in [4.69, 9.17) is 15.0 Å². The Hall–Kier alpha value is -8.15. The topological polar surface area (TPSA) is 376 Å². The number of azo groups is 3. The number of ether oxygens (including phenoxy) is 1. The standard InChI is InChI=1S/C47H38N8O15S4/c1-26-19-32(10-14-40(26)52-51-33-8-5-28-21-35(73(64,65)66)25-43(38(28)23-33)70-17-2-18-71(58,59)60)50-53-41-15-16-42(39-24-34(72(61,62)63)11-13-37(39)41)54-55-45-44(74(67,68)69)22-29-20-31(9-12-36(29)46(45)56)49-47(57)27-3-6-30(48)7-4-27/h3-16,19-25,56H,2,17-18,48H2,1H3,(H,49,57)(H,58,59,60)(H,61,62,63)(H,64,65,66)(H,67,68,69). The number of anilines is 2. The molecule has 8 N–H and O–H groups in total. The summed E-state index contributed by atoms with van der Waals surface area (Å²) in [4.78, 5) is 11.0. The molecule has 8 aromatic carbocycles. The third kappa shape index (κ3) is 12.2. The molecule has 0 radical (unpaired) electrons. The molecule has 0 fully saturated rings. The number of hydrogen-bond donors (Lipinski definition) is 7. The van der Waals surface area contributed by atoms with Gasteiger partial charge in [0.25, 0.3) is 46.4 Å². The molecular weight excluding hydrogens is 1040 g/mol. The third-order valence-corrected chi connectivity index (χ3v) is 14.3. The molecule has 0 atom stereocenters. The number of carbonyl (C=O) groups excluding carboxylic acids is 1. The molecule has 8 rings (SSSR count). The minimum Gasteiger partial charge on any atom is -0.505 e. The van der Waals surface area contributed by atoms with Crippen LogP contribution in [-0.4, -0.2) is 75.3 Å². The smallest absolute Gasteiger partial charge is 0.296 e. The van der Waals surface area contributed by atoms with Crippen molar-refractivity contribution in [3.05, 3.63) is 139 Å². The zero-order valence-corrected chi connectivity index (χ0v) is 41.2. The molecule has 0 saturated carbocycles. The van der Waals surface area contributed by atoms with E-state index in [0.717, 1.165) is 24.3 Å². The number of nitrogens with one attached hydrogen (secondary N) is 1. The minimum absolute atomic E-state index is 0.00783. The molecule has 0 aliphatic rings. The Labute approximate surface area is 420 Å². The van der Waals surface area contributed by atoms with Crippen LogP contribution in [0.25, 0.3) is 32.3 Å². The van der Waals surface area contributed by atoms with E-state index < -0.39 is 78.3 Å². The number of phenols is 1. The highest BCUT2D eigenvalue weighted by Crippen LogP contribution is 2.44. The first-order valence-corrected chi connectivity index (χ1v) is 27.2. The molecule has 0 heterocycles. The van der Waals surface area contributed by atoms with Gasteiger partial charge in [-0.3, -0.25) is 23.0 Å². The first-order valence-electron chi connectivity index (χ1n) is 21.3. The van der Waals surface area contributed by atoms with Gasteiger partial charge < -0.3 is 20.9 Å². The van der Waals surface area contributed by atoms with Gasteiger partial charge in [-0.15, -0.1) is 15.3 Å². The lowest BCUT2D eigenvalue weighted by Gasteiger charge is -2.11. The fraction of sp³-hybridized carbons (Fsp3) is 0.0851. The molecule has 0 spiro atoms. The van der Waals surface area contributed by atoms with Crippen LogP contribution >= 0.6 is 0 Å². The average molecular weight is 1080 g/mol. The number of fused-ring (bicyclic) bond motifs is 3. The first-order chi connectivity index (χ1) is 34.8. The maximum Gasteiger partial charge on any atom is 0.296 e. The van der Waals surface area contributed by atoms with Gasteiger partial charge in [-0.05, 0) is 139 Å². The number of carbonyl (C=O) groups is 1. The molecule has 0 bridgehead atoms. The average Bonchev–Trinajstić information content (AvgIpc) is 3.33. The maximum atomic E-state index is 12.8. The van der Waals surface area contributed by atoms with Gasteiger partial charge in [0.2, 0.25) is 0 Å². The summed E-state index contributed by atoms with van der Waals surface area (Å²) in [5.41, 5.74) is 7.68. The normalized spacial score (nSPS) is 12.7. The second-order valence-electron chi connectivity index (χ2n) is 16.2. The van der Waals surface area contributed by atoms with Gasteiger partial charge in [0.05, 0.1) is 50.6 Å². The zero-order chi connectivity index (χ0) is 53.3. The number of rotatable bonds is 16. The Balaban J connectivity index is 1.07. The Morgan fingerprint density at radius 2 is 1.19 bits per heavy atom. The van der Waals surface area contributed by atoms with E-state index in [2.05, 4.69) is 36.0 Å². The van der Waals surface area contributed by atoms with Gasteiger partial charge in [0, 0.05) is 44.5 Å². The van der Waals surface area contributed by atoms with Crippen molar-refractivity contribution >= 4 is 124 Å². The van der Waals surface area contributed by atoms with Crippen molar-refractivity contribution in [3.63, 3.8) is 0 Å². The van der Waals surface area contributed by atoms with Crippen LogP contribution in [0, 0.1) is 6.92 Å². The van der Waals surface area contributed by atoms with Crippen LogP contribution in [-0.2, 0) is 40.5 Å². The second kappa shape index (κ2) is 20.4. The van der Waals surface area contributed by atoms with Crippen LogP contribution < -0.4 is 15.8 Å². The first kappa shape index (κ1) is 52.2. The van der Waals surface area contributed by atoms with Gasteiger partial charge in [0.1, 0.15) is 16.3 Å². The Morgan fingerprint density at radius 3 is 1.85 bits per heavy atom. The number of nitrogens with zero attached hydrogens (tertiary/aromatic N) is 6. The van der Waals surface area contributed by atoms with Crippen molar-refractivity contribution in [2.75, 3.05) is 23.4 Å². The SMILES string of the molecule is Cc1cc(N=Nc2ccc(N=Nc3c(S(=O)(=O)O)cc4cc(NC(=O)c5ccc(N)cc5)ccc4c3O)c3cc(S(=O)(=O)O)ccc23)ccc1N=Nc1ccc2cc(S(=O)(=O)O)cc(OCCCS(=O)(=O)O)c2c1. The lowest BCUT2D eigenvalue weighted by molar-refractivity contribution is 0.102. The van der Waals surface area contributed by atoms with Crippen LogP contribution in [0.5, 0.6) is 11.5 Å². The summed E-state index contributed by atoms with van der Waals surface area (Å²) in [5.74, 6) is -1.83. The van der Waals surface area contributed by atoms with Crippen molar-refractivity contribution in [3.8, 4) is 11.5 Å². The largest absolute Gasteiger partial charge is 0.505 e. The summed E-state index contributed by atoms with van der Waals surface area (Å²) in [6.07, 6.45) is -0.120. The van der Waals surface area contributed by atoms with Gasteiger partial charge >= 0.3 is 0 Å². The maximum absolute atomic E-state index is 12.8. The number of nitrogens with two attached hydrogens (primary N) is 1. The Kier molecular flexibility index (Phi) is 14.4. The van der Waals surface area contributed by atoms with Crippen molar-refractivity contribution in [1.82, 2.24) is 0 Å². The number of benzene rings is 8. The van der Waals surface area contributed by atoms with Crippen LogP contribution in [0.4, 0.5) is 45.5 Å². The summed E-state index contributed by atoms with van der Waals surface area (Å²) in [6.45, 7) is 1.50. The van der Waals surface area contributed by atoms with Crippen molar-refractivity contribution in [2.24, 2.45) is 30.7 Å². The molecule has 0 unspecified atom stereocenters. The zero-order valence-electron chi connectivity index (χ0n) is 38.0. The van der Waals surface area contributed by atoms with E-state index in [1.807, 2.05) is 0 Å². The highest BCUT2D eigenvalue weighted by atomic mass is 32.2. The summed E-state index contributed by atoms with van der Waals surface area (Å²) in [6, 6.07) is 29.2.